The van der Waals surface area contributed by atoms with E-state index in [9.17, 15) is 4.79 Å². The summed E-state index contributed by atoms with van der Waals surface area (Å²) in [6, 6.07) is 0. The van der Waals surface area contributed by atoms with E-state index >= 15 is 0 Å². The Kier molecular flexibility index (Phi) is 3.66. The van der Waals surface area contributed by atoms with E-state index in [4.69, 9.17) is 10.8 Å². The lowest BCUT2D eigenvalue weighted by Crippen LogP contribution is -2.53. The van der Waals surface area contributed by atoms with Crippen molar-refractivity contribution in [2.75, 3.05) is 6.61 Å². The maximum absolute atomic E-state index is 11.3. The summed E-state index contributed by atoms with van der Waals surface area (Å²) in [7, 11) is 0. The standard InChI is InChI=1S/C10H18N2O2/c1-2-3-9(14)12-10(11)5-4-8(6-10)7-13/h4-5,8,13H,2-3,6-7,11H2,1H3,(H,12,14). The second-order valence-electron chi connectivity index (χ2n) is 3.84. The number of nitrogens with one attached hydrogen (secondary N) is 1. The summed E-state index contributed by atoms with van der Waals surface area (Å²) in [5.74, 6) is 0.0418. The Morgan fingerprint density at radius 2 is 2.50 bits per heavy atom. The van der Waals surface area contributed by atoms with Crippen molar-refractivity contribution < 1.29 is 9.90 Å². The summed E-state index contributed by atoms with van der Waals surface area (Å²) in [6.45, 7) is 2.03. The number of hydrogen-bond donors (Lipinski definition) is 3. The summed E-state index contributed by atoms with van der Waals surface area (Å²) in [6.07, 6.45) is 5.51. The van der Waals surface area contributed by atoms with Crippen LogP contribution in [0.4, 0.5) is 0 Å². The first-order valence-corrected chi connectivity index (χ1v) is 5.00. The number of nitrogens with two attached hydrogens (primary N) is 1. The fourth-order valence-electron chi connectivity index (χ4n) is 1.64. The van der Waals surface area contributed by atoms with E-state index in [1.807, 2.05) is 13.0 Å². The second-order valence-corrected chi connectivity index (χ2v) is 3.84. The molecule has 4 N–H and O–H groups in total. The second kappa shape index (κ2) is 4.57. The monoisotopic (exact) mass is 198 g/mol. The van der Waals surface area contributed by atoms with Gasteiger partial charge in [0.05, 0.1) is 0 Å². The van der Waals surface area contributed by atoms with Crippen LogP contribution in [0.2, 0.25) is 0 Å². The largest absolute Gasteiger partial charge is 0.396 e. The molecule has 0 saturated heterocycles. The minimum Gasteiger partial charge on any atom is -0.396 e. The minimum atomic E-state index is -0.750. The number of amides is 1. The van der Waals surface area contributed by atoms with Crippen molar-refractivity contribution in [2.24, 2.45) is 11.7 Å². The van der Waals surface area contributed by atoms with Gasteiger partial charge in [-0.3, -0.25) is 4.79 Å². The number of carbonyl (C=O) groups is 1. The Balaban J connectivity index is 2.45. The maximum Gasteiger partial charge on any atom is 0.221 e. The van der Waals surface area contributed by atoms with Crippen molar-refractivity contribution in [2.45, 2.75) is 31.8 Å². The zero-order valence-electron chi connectivity index (χ0n) is 8.49. The molecule has 0 bridgehead atoms. The van der Waals surface area contributed by atoms with E-state index in [1.54, 1.807) is 6.08 Å². The third kappa shape index (κ3) is 2.82. The molecule has 0 radical (unpaired) electrons. The number of aliphatic hydroxyl groups is 1. The van der Waals surface area contributed by atoms with Crippen molar-refractivity contribution in [3.63, 3.8) is 0 Å². The summed E-state index contributed by atoms with van der Waals surface area (Å²) in [5, 5.41) is 11.7. The van der Waals surface area contributed by atoms with Crippen LogP contribution in [0, 0.1) is 5.92 Å². The Labute approximate surface area is 84.2 Å². The molecule has 0 heterocycles. The molecule has 0 aromatic carbocycles. The van der Waals surface area contributed by atoms with Gasteiger partial charge in [0.25, 0.3) is 0 Å². The molecule has 1 aliphatic carbocycles. The van der Waals surface area contributed by atoms with E-state index in [0.717, 1.165) is 6.42 Å². The Hall–Kier alpha value is -0.870. The molecular weight excluding hydrogens is 180 g/mol. The van der Waals surface area contributed by atoms with Gasteiger partial charge < -0.3 is 16.2 Å². The number of hydrogen-bond acceptors (Lipinski definition) is 3. The lowest BCUT2D eigenvalue weighted by molar-refractivity contribution is -0.122. The van der Waals surface area contributed by atoms with Crippen LogP contribution in [-0.4, -0.2) is 23.3 Å². The highest BCUT2D eigenvalue weighted by Crippen LogP contribution is 2.22. The first-order valence-electron chi connectivity index (χ1n) is 5.00. The van der Waals surface area contributed by atoms with Crippen molar-refractivity contribution in [3.8, 4) is 0 Å². The molecule has 0 spiro atoms. The van der Waals surface area contributed by atoms with Gasteiger partial charge in [0, 0.05) is 18.9 Å². The molecule has 80 valence electrons. The predicted octanol–water partition coefficient (Wildman–Crippen LogP) is 0.126. The van der Waals surface area contributed by atoms with Crippen molar-refractivity contribution in [1.82, 2.24) is 5.32 Å². The Morgan fingerprint density at radius 3 is 3.00 bits per heavy atom. The summed E-state index contributed by atoms with van der Waals surface area (Å²) in [4.78, 5) is 11.3. The normalized spacial score (nSPS) is 30.6. The van der Waals surface area contributed by atoms with Crippen LogP contribution in [0.1, 0.15) is 26.2 Å². The molecule has 4 nitrogen and oxygen atoms in total. The average Bonchev–Trinajstić information content (AvgIpc) is 2.47. The lowest BCUT2D eigenvalue weighted by Gasteiger charge is -2.24. The summed E-state index contributed by atoms with van der Waals surface area (Å²) >= 11 is 0. The van der Waals surface area contributed by atoms with Crippen LogP contribution in [-0.2, 0) is 4.79 Å². The third-order valence-corrected chi connectivity index (χ3v) is 2.35. The van der Waals surface area contributed by atoms with Crippen LogP contribution in [0.3, 0.4) is 0 Å². The van der Waals surface area contributed by atoms with Crippen LogP contribution < -0.4 is 11.1 Å². The molecule has 1 amide bonds. The molecule has 0 aliphatic heterocycles. The molecule has 2 atom stereocenters. The smallest absolute Gasteiger partial charge is 0.221 e. The first-order chi connectivity index (χ1) is 6.59. The molecule has 0 saturated carbocycles. The quantitative estimate of drug-likeness (QED) is 0.444. The highest BCUT2D eigenvalue weighted by atomic mass is 16.3. The van der Waals surface area contributed by atoms with Gasteiger partial charge >= 0.3 is 0 Å². The zero-order chi connectivity index (χ0) is 10.6. The van der Waals surface area contributed by atoms with Crippen molar-refractivity contribution >= 4 is 5.91 Å². The van der Waals surface area contributed by atoms with E-state index < -0.39 is 5.66 Å². The molecule has 14 heavy (non-hydrogen) atoms. The molecule has 0 aromatic heterocycles. The highest BCUT2D eigenvalue weighted by Gasteiger charge is 2.31. The van der Waals surface area contributed by atoms with Gasteiger partial charge in [-0.15, -0.1) is 0 Å². The Morgan fingerprint density at radius 1 is 1.79 bits per heavy atom. The lowest BCUT2D eigenvalue weighted by atomic mass is 10.0. The van der Waals surface area contributed by atoms with Gasteiger partial charge in [-0.05, 0) is 18.9 Å². The van der Waals surface area contributed by atoms with Gasteiger partial charge in [0.15, 0.2) is 0 Å². The maximum atomic E-state index is 11.3. The zero-order valence-corrected chi connectivity index (χ0v) is 8.49. The van der Waals surface area contributed by atoms with E-state index in [-0.39, 0.29) is 18.4 Å². The predicted molar refractivity (Wildman–Crippen MR) is 54.3 cm³/mol. The molecule has 1 rings (SSSR count). The molecule has 1 aliphatic rings. The summed E-state index contributed by atoms with van der Waals surface area (Å²) < 4.78 is 0. The highest BCUT2D eigenvalue weighted by molar-refractivity contribution is 5.77. The van der Waals surface area contributed by atoms with Crippen LogP contribution >= 0.6 is 0 Å². The van der Waals surface area contributed by atoms with Gasteiger partial charge in [-0.25, -0.2) is 0 Å². The summed E-state index contributed by atoms with van der Waals surface area (Å²) in [5.41, 5.74) is 5.18. The van der Waals surface area contributed by atoms with E-state index in [2.05, 4.69) is 5.32 Å². The molecule has 2 unspecified atom stereocenters. The first kappa shape index (κ1) is 11.2. The molecule has 0 aromatic rings. The van der Waals surface area contributed by atoms with Gasteiger partial charge in [-0.2, -0.15) is 0 Å². The van der Waals surface area contributed by atoms with Crippen LogP contribution in [0.5, 0.6) is 0 Å². The van der Waals surface area contributed by atoms with Crippen molar-refractivity contribution in [3.05, 3.63) is 12.2 Å². The van der Waals surface area contributed by atoms with Crippen LogP contribution in [0.25, 0.3) is 0 Å². The molecule has 0 fully saturated rings. The van der Waals surface area contributed by atoms with Crippen LogP contribution in [0.15, 0.2) is 12.2 Å². The van der Waals surface area contributed by atoms with E-state index in [0.29, 0.717) is 12.8 Å². The molecular formula is C10H18N2O2. The number of rotatable bonds is 4. The number of carbonyl (C=O) groups excluding carboxylic acids is 1. The van der Waals surface area contributed by atoms with Gasteiger partial charge in [0.2, 0.25) is 5.91 Å². The fraction of sp³-hybridized carbons (Fsp3) is 0.700. The SMILES string of the molecule is CCCC(=O)NC1(N)C=CC(CO)C1. The molecule has 4 heteroatoms. The average molecular weight is 198 g/mol. The third-order valence-electron chi connectivity index (χ3n) is 2.35. The minimum absolute atomic E-state index is 0.0294. The van der Waals surface area contributed by atoms with Crippen molar-refractivity contribution in [1.29, 1.82) is 0 Å². The van der Waals surface area contributed by atoms with Gasteiger partial charge in [-0.1, -0.05) is 13.0 Å². The Bertz CT molecular complexity index is 240. The number of aliphatic hydroxyl groups excluding tert-OH is 1. The van der Waals surface area contributed by atoms with Gasteiger partial charge in [0.1, 0.15) is 5.66 Å². The van der Waals surface area contributed by atoms with E-state index in [1.165, 1.54) is 0 Å². The fourth-order valence-corrected chi connectivity index (χ4v) is 1.64. The topological polar surface area (TPSA) is 75.4 Å².